The summed E-state index contributed by atoms with van der Waals surface area (Å²) < 4.78 is 2.46. The smallest absolute Gasteiger partial charge is 0.243 e. The summed E-state index contributed by atoms with van der Waals surface area (Å²) in [6.45, 7) is 0.129. The fourth-order valence-corrected chi connectivity index (χ4v) is 11.9. The molecule has 0 saturated carbocycles. The van der Waals surface area contributed by atoms with Gasteiger partial charge in [-0.3, -0.25) is 0 Å². The van der Waals surface area contributed by atoms with Gasteiger partial charge in [0.05, 0.1) is 16.4 Å². The van der Waals surface area contributed by atoms with Crippen LogP contribution >= 0.6 is 0 Å². The van der Waals surface area contributed by atoms with E-state index < -0.39 is 5.41 Å². The molecule has 0 radical (unpaired) electrons. The molecule has 14 rings (SSSR count). The van der Waals surface area contributed by atoms with E-state index in [0.29, 0.717) is 0 Å². The molecule has 1 aromatic heterocycles. The Balaban J connectivity index is 0.906. The Morgan fingerprint density at radius 2 is 0.825 bits per heavy atom. The summed E-state index contributed by atoms with van der Waals surface area (Å²) in [4.78, 5) is 0. The predicted octanol–water partition coefficient (Wildman–Crippen LogP) is 13.0. The highest BCUT2D eigenvalue weighted by molar-refractivity contribution is 7.00. The average molecular weight is 796 g/mol. The first-order valence-corrected chi connectivity index (χ1v) is 22.1. The molecule has 1 unspecified atom stereocenters. The predicted molar refractivity (Wildman–Crippen MR) is 264 cm³/mol. The highest BCUT2D eigenvalue weighted by Gasteiger charge is 2.54. The number of aromatic nitrogens is 1. The van der Waals surface area contributed by atoms with Gasteiger partial charge in [-0.2, -0.15) is 0 Å². The standard InChI is InChI=1S/C61H38BN/c1-2-13-39(14-3-1)40-25-27-41(28-26-40)42-29-31-43(32-30-42)44-33-36-53-51(37-44)46-15-4-7-19-52(46)61(53)54-20-8-9-22-56(54)62-57-38-45(34-35-47(57)50-18-12-21-55(61)60(50)62)63-58-23-10-5-16-48(58)49-17-6-11-24-59(49)63/h1-38H. The third-order valence-electron chi connectivity index (χ3n) is 14.5. The van der Waals surface area contributed by atoms with Gasteiger partial charge in [0.1, 0.15) is 0 Å². The van der Waals surface area contributed by atoms with Gasteiger partial charge in [-0.25, -0.2) is 0 Å². The Morgan fingerprint density at radius 1 is 0.302 bits per heavy atom. The van der Waals surface area contributed by atoms with E-state index >= 15 is 0 Å². The zero-order valence-electron chi connectivity index (χ0n) is 34.5. The summed E-state index contributed by atoms with van der Waals surface area (Å²) in [5.41, 5.74) is 25.7. The van der Waals surface area contributed by atoms with E-state index in [1.54, 1.807) is 0 Å². The van der Waals surface area contributed by atoms with Crippen molar-refractivity contribution in [2.24, 2.45) is 0 Å². The van der Waals surface area contributed by atoms with E-state index in [4.69, 9.17) is 0 Å². The molecular formula is C61H38BN. The Hall–Kier alpha value is -7.94. The van der Waals surface area contributed by atoms with Crippen LogP contribution in [-0.4, -0.2) is 11.3 Å². The normalized spacial score (nSPS) is 15.0. The highest BCUT2D eigenvalue weighted by atomic mass is 15.0. The third kappa shape index (κ3) is 4.73. The molecule has 1 nitrogen and oxygen atoms in total. The van der Waals surface area contributed by atoms with Crippen molar-refractivity contribution < 1.29 is 0 Å². The number of nitrogens with zero attached hydrogens (tertiary/aromatic N) is 1. The minimum Gasteiger partial charge on any atom is -0.309 e. The fraction of sp³-hybridized carbons (Fsp3) is 0.0164. The Morgan fingerprint density at radius 3 is 1.54 bits per heavy atom. The van der Waals surface area contributed by atoms with Crippen LogP contribution < -0.4 is 16.4 Å². The highest BCUT2D eigenvalue weighted by Crippen LogP contribution is 2.57. The first kappa shape index (κ1) is 34.7. The van der Waals surface area contributed by atoms with Crippen molar-refractivity contribution in [3.63, 3.8) is 0 Å². The summed E-state index contributed by atoms with van der Waals surface area (Å²) in [6.07, 6.45) is 0. The Bertz CT molecular complexity index is 3620. The monoisotopic (exact) mass is 795 g/mol. The molecule has 0 fully saturated rings. The molecule has 1 aliphatic carbocycles. The van der Waals surface area contributed by atoms with Gasteiger partial charge in [0.15, 0.2) is 0 Å². The van der Waals surface area contributed by atoms with Crippen LogP contribution in [0.15, 0.2) is 231 Å². The topological polar surface area (TPSA) is 4.93 Å². The molecule has 1 atom stereocenters. The van der Waals surface area contributed by atoms with E-state index in [-0.39, 0.29) is 6.71 Å². The minimum atomic E-state index is -0.448. The van der Waals surface area contributed by atoms with Crippen molar-refractivity contribution in [3.05, 3.63) is 253 Å². The second kappa shape index (κ2) is 13.0. The van der Waals surface area contributed by atoms with Crippen LogP contribution in [0.5, 0.6) is 0 Å². The maximum Gasteiger partial charge on any atom is 0.243 e. The van der Waals surface area contributed by atoms with Gasteiger partial charge in [-0.05, 0) is 108 Å². The summed E-state index contributed by atoms with van der Waals surface area (Å²) >= 11 is 0. The summed E-state index contributed by atoms with van der Waals surface area (Å²) in [6, 6.07) is 86.4. The fourth-order valence-electron chi connectivity index (χ4n) is 11.9. The number of rotatable bonds is 4. The van der Waals surface area contributed by atoms with Crippen molar-refractivity contribution in [3.8, 4) is 61.3 Å². The lowest BCUT2D eigenvalue weighted by atomic mass is 9.32. The zero-order valence-corrected chi connectivity index (χ0v) is 34.5. The largest absolute Gasteiger partial charge is 0.309 e. The maximum absolute atomic E-state index is 2.49. The summed E-state index contributed by atoms with van der Waals surface area (Å²) in [7, 11) is 0. The molecule has 1 spiro atoms. The van der Waals surface area contributed by atoms with E-state index in [1.165, 1.54) is 122 Å². The Kier molecular flexibility index (Phi) is 7.19. The van der Waals surface area contributed by atoms with Crippen molar-refractivity contribution in [1.82, 2.24) is 4.57 Å². The SMILES string of the molecule is c1ccc(-c2ccc(-c3ccc(-c4ccc5c(c4)-c4ccccc4C54c5ccccc5B5c6cc(-n7c8ccccc8c8ccccc87)ccc6-c6cccc4c65)cc3)cc2)cc1. The Labute approximate surface area is 367 Å². The lowest BCUT2D eigenvalue weighted by Crippen LogP contribution is -2.59. The van der Waals surface area contributed by atoms with Crippen molar-refractivity contribution in [2.45, 2.75) is 5.41 Å². The molecule has 0 bridgehead atoms. The molecule has 290 valence electrons. The number of benzene rings is 10. The van der Waals surface area contributed by atoms with Gasteiger partial charge < -0.3 is 4.57 Å². The van der Waals surface area contributed by atoms with Crippen molar-refractivity contribution >= 4 is 44.9 Å². The van der Waals surface area contributed by atoms with E-state index in [0.717, 1.165) is 0 Å². The molecular weight excluding hydrogens is 757 g/mol. The van der Waals surface area contributed by atoms with E-state index in [9.17, 15) is 0 Å². The number of para-hydroxylation sites is 2. The second-order valence-electron chi connectivity index (χ2n) is 17.5. The quantitative estimate of drug-likeness (QED) is 0.156. The molecule has 0 amide bonds. The molecule has 0 N–H and O–H groups in total. The summed E-state index contributed by atoms with van der Waals surface area (Å²) in [5.74, 6) is 0. The van der Waals surface area contributed by atoms with Gasteiger partial charge >= 0.3 is 0 Å². The maximum atomic E-state index is 2.49. The number of fused-ring (bicyclic) bond motifs is 15. The molecule has 63 heavy (non-hydrogen) atoms. The van der Waals surface area contributed by atoms with Gasteiger partial charge in [-0.15, -0.1) is 0 Å². The first-order valence-electron chi connectivity index (χ1n) is 22.1. The molecule has 3 aliphatic rings. The average Bonchev–Trinajstić information content (AvgIpc) is 3.98. The third-order valence-corrected chi connectivity index (χ3v) is 14.5. The van der Waals surface area contributed by atoms with Crippen LogP contribution in [0.25, 0.3) is 83.1 Å². The van der Waals surface area contributed by atoms with Crippen LogP contribution in [0.1, 0.15) is 22.3 Å². The lowest BCUT2D eigenvalue weighted by Gasteiger charge is -2.42. The van der Waals surface area contributed by atoms with Gasteiger partial charge in [0, 0.05) is 16.5 Å². The number of hydrogen-bond donors (Lipinski definition) is 0. The lowest BCUT2D eigenvalue weighted by molar-refractivity contribution is 0.775. The van der Waals surface area contributed by atoms with Crippen LogP contribution in [0, 0.1) is 0 Å². The number of hydrogen-bond acceptors (Lipinski definition) is 0. The minimum absolute atomic E-state index is 0.129. The van der Waals surface area contributed by atoms with Crippen molar-refractivity contribution in [1.29, 1.82) is 0 Å². The molecule has 2 heteroatoms. The summed E-state index contributed by atoms with van der Waals surface area (Å²) in [5, 5.41) is 2.57. The molecule has 2 aliphatic heterocycles. The second-order valence-corrected chi connectivity index (χ2v) is 17.5. The van der Waals surface area contributed by atoms with Crippen LogP contribution in [0.2, 0.25) is 0 Å². The van der Waals surface area contributed by atoms with Crippen LogP contribution in [0.4, 0.5) is 0 Å². The van der Waals surface area contributed by atoms with E-state index in [2.05, 4.69) is 235 Å². The van der Waals surface area contributed by atoms with Crippen LogP contribution in [-0.2, 0) is 5.41 Å². The van der Waals surface area contributed by atoms with Gasteiger partial charge in [0.25, 0.3) is 0 Å². The molecule has 11 aromatic rings. The van der Waals surface area contributed by atoms with Gasteiger partial charge in [0.2, 0.25) is 6.71 Å². The van der Waals surface area contributed by atoms with Crippen LogP contribution in [0.3, 0.4) is 0 Å². The van der Waals surface area contributed by atoms with Gasteiger partial charge in [-0.1, -0.05) is 217 Å². The van der Waals surface area contributed by atoms with Crippen molar-refractivity contribution in [2.75, 3.05) is 0 Å². The van der Waals surface area contributed by atoms with E-state index in [1.807, 2.05) is 0 Å². The molecule has 3 heterocycles. The first-order chi connectivity index (χ1) is 31.3. The molecule has 10 aromatic carbocycles. The molecule has 0 saturated heterocycles. The zero-order chi connectivity index (χ0) is 41.2.